The highest BCUT2D eigenvalue weighted by Crippen LogP contribution is 2.06. The highest BCUT2D eigenvalue weighted by molar-refractivity contribution is 5.88. The van der Waals surface area contributed by atoms with Gasteiger partial charge in [-0.2, -0.15) is 0 Å². The van der Waals surface area contributed by atoms with Gasteiger partial charge in [-0.15, -0.1) is 5.10 Å². The summed E-state index contributed by atoms with van der Waals surface area (Å²) in [6, 6.07) is 0. The standard InChI is InChI=1S/C10H18N4O3/c1-3-16-6-5-14-8(7-11)9(12-13-14)10(15)17-4-2/h3-7,11H2,1-2H3. The molecule has 0 saturated carbocycles. The highest BCUT2D eigenvalue weighted by Gasteiger charge is 2.19. The van der Waals surface area contributed by atoms with E-state index in [1.807, 2.05) is 6.92 Å². The normalized spacial score (nSPS) is 10.5. The van der Waals surface area contributed by atoms with Crippen LogP contribution in [-0.4, -0.2) is 40.8 Å². The van der Waals surface area contributed by atoms with E-state index in [1.165, 1.54) is 0 Å². The van der Waals surface area contributed by atoms with Gasteiger partial charge in [-0.3, -0.25) is 0 Å². The summed E-state index contributed by atoms with van der Waals surface area (Å²) in [7, 11) is 0. The van der Waals surface area contributed by atoms with E-state index in [4.69, 9.17) is 15.2 Å². The number of nitrogens with two attached hydrogens (primary N) is 1. The number of aromatic nitrogens is 3. The number of carbonyl (C=O) groups excluding carboxylic acids is 1. The molecule has 1 aromatic heterocycles. The summed E-state index contributed by atoms with van der Waals surface area (Å²) in [5, 5.41) is 7.66. The number of hydrogen-bond donors (Lipinski definition) is 1. The fourth-order valence-corrected chi connectivity index (χ4v) is 1.37. The van der Waals surface area contributed by atoms with Crippen molar-refractivity contribution >= 4 is 5.97 Å². The summed E-state index contributed by atoms with van der Waals surface area (Å²) in [6.45, 7) is 5.80. The third kappa shape index (κ3) is 3.50. The van der Waals surface area contributed by atoms with Crippen LogP contribution >= 0.6 is 0 Å². The van der Waals surface area contributed by atoms with Gasteiger partial charge >= 0.3 is 5.97 Å². The molecule has 0 radical (unpaired) electrons. The van der Waals surface area contributed by atoms with Crippen molar-refractivity contribution in [3.8, 4) is 0 Å². The summed E-state index contributed by atoms with van der Waals surface area (Å²) >= 11 is 0. The minimum Gasteiger partial charge on any atom is -0.461 e. The molecule has 0 bridgehead atoms. The fourth-order valence-electron chi connectivity index (χ4n) is 1.37. The van der Waals surface area contributed by atoms with Crippen LogP contribution < -0.4 is 5.73 Å². The van der Waals surface area contributed by atoms with Crippen LogP contribution in [0.5, 0.6) is 0 Å². The Labute approximate surface area is 99.9 Å². The lowest BCUT2D eigenvalue weighted by Crippen LogP contribution is -2.16. The summed E-state index contributed by atoms with van der Waals surface area (Å²) < 4.78 is 11.6. The fraction of sp³-hybridized carbons (Fsp3) is 0.700. The second-order valence-electron chi connectivity index (χ2n) is 3.23. The summed E-state index contributed by atoms with van der Waals surface area (Å²) in [4.78, 5) is 11.5. The predicted molar refractivity (Wildman–Crippen MR) is 60.4 cm³/mol. The van der Waals surface area contributed by atoms with Crippen molar-refractivity contribution in [2.75, 3.05) is 19.8 Å². The zero-order chi connectivity index (χ0) is 12.7. The first-order valence-corrected chi connectivity index (χ1v) is 5.61. The van der Waals surface area contributed by atoms with Gasteiger partial charge in [0.15, 0.2) is 5.69 Å². The molecule has 0 saturated heterocycles. The van der Waals surface area contributed by atoms with Crippen LogP contribution in [0.2, 0.25) is 0 Å². The largest absolute Gasteiger partial charge is 0.461 e. The highest BCUT2D eigenvalue weighted by atomic mass is 16.5. The van der Waals surface area contributed by atoms with Crippen molar-refractivity contribution in [1.82, 2.24) is 15.0 Å². The van der Waals surface area contributed by atoms with Crippen molar-refractivity contribution in [2.45, 2.75) is 26.9 Å². The molecule has 7 heteroatoms. The Balaban J connectivity index is 2.76. The number of esters is 1. The minimum absolute atomic E-state index is 0.186. The Morgan fingerprint density at radius 3 is 2.76 bits per heavy atom. The Bertz CT molecular complexity index is 364. The second kappa shape index (κ2) is 6.97. The number of hydrogen-bond acceptors (Lipinski definition) is 6. The summed E-state index contributed by atoms with van der Waals surface area (Å²) in [5.74, 6) is -0.490. The molecular formula is C10H18N4O3. The molecule has 0 aliphatic rings. The van der Waals surface area contributed by atoms with Crippen LogP contribution in [0.25, 0.3) is 0 Å². The van der Waals surface area contributed by atoms with E-state index in [0.29, 0.717) is 32.1 Å². The Morgan fingerprint density at radius 2 is 2.18 bits per heavy atom. The van der Waals surface area contributed by atoms with E-state index in [-0.39, 0.29) is 12.2 Å². The topological polar surface area (TPSA) is 92.3 Å². The van der Waals surface area contributed by atoms with E-state index in [9.17, 15) is 4.79 Å². The smallest absolute Gasteiger partial charge is 0.360 e. The molecular weight excluding hydrogens is 224 g/mol. The van der Waals surface area contributed by atoms with Crippen LogP contribution in [0.4, 0.5) is 0 Å². The van der Waals surface area contributed by atoms with E-state index in [1.54, 1.807) is 11.6 Å². The van der Waals surface area contributed by atoms with Gasteiger partial charge in [0.25, 0.3) is 0 Å². The van der Waals surface area contributed by atoms with Crippen LogP contribution in [0.3, 0.4) is 0 Å². The molecule has 96 valence electrons. The zero-order valence-corrected chi connectivity index (χ0v) is 10.2. The maximum Gasteiger partial charge on any atom is 0.360 e. The van der Waals surface area contributed by atoms with Crippen molar-refractivity contribution in [1.29, 1.82) is 0 Å². The average Bonchev–Trinajstić information content (AvgIpc) is 2.73. The first kappa shape index (κ1) is 13.6. The lowest BCUT2D eigenvalue weighted by Gasteiger charge is -2.05. The lowest BCUT2D eigenvalue weighted by molar-refractivity contribution is 0.0518. The van der Waals surface area contributed by atoms with Crippen LogP contribution in [0, 0.1) is 0 Å². The molecule has 1 rings (SSSR count). The second-order valence-corrected chi connectivity index (χ2v) is 3.23. The molecule has 1 heterocycles. The Morgan fingerprint density at radius 1 is 1.41 bits per heavy atom. The van der Waals surface area contributed by atoms with Gasteiger partial charge in [-0.05, 0) is 13.8 Å². The van der Waals surface area contributed by atoms with Gasteiger partial charge in [0, 0.05) is 13.2 Å². The van der Waals surface area contributed by atoms with Gasteiger partial charge < -0.3 is 15.2 Å². The van der Waals surface area contributed by atoms with E-state index in [2.05, 4.69) is 10.3 Å². The molecule has 0 aliphatic heterocycles. The Hall–Kier alpha value is -1.47. The quantitative estimate of drug-likeness (QED) is 0.532. The van der Waals surface area contributed by atoms with Crippen LogP contribution in [0.1, 0.15) is 30.0 Å². The van der Waals surface area contributed by atoms with E-state index in [0.717, 1.165) is 0 Å². The number of nitrogens with zero attached hydrogens (tertiary/aromatic N) is 3. The van der Waals surface area contributed by atoms with E-state index >= 15 is 0 Å². The molecule has 0 atom stereocenters. The van der Waals surface area contributed by atoms with Crippen LogP contribution in [0.15, 0.2) is 0 Å². The molecule has 17 heavy (non-hydrogen) atoms. The maximum atomic E-state index is 11.5. The van der Waals surface area contributed by atoms with Crippen molar-refractivity contribution in [3.63, 3.8) is 0 Å². The molecule has 0 amide bonds. The lowest BCUT2D eigenvalue weighted by atomic mass is 10.3. The number of ether oxygens (including phenoxy) is 2. The molecule has 2 N–H and O–H groups in total. The van der Waals surface area contributed by atoms with Crippen molar-refractivity contribution in [3.05, 3.63) is 11.4 Å². The summed E-state index contributed by atoms with van der Waals surface area (Å²) in [5.41, 5.74) is 6.34. The van der Waals surface area contributed by atoms with E-state index < -0.39 is 5.97 Å². The summed E-state index contributed by atoms with van der Waals surface area (Å²) in [6.07, 6.45) is 0. The number of rotatable bonds is 7. The first-order chi connectivity index (χ1) is 8.24. The van der Waals surface area contributed by atoms with Crippen LogP contribution in [-0.2, 0) is 22.6 Å². The maximum absolute atomic E-state index is 11.5. The molecule has 0 unspecified atom stereocenters. The van der Waals surface area contributed by atoms with Gasteiger partial charge in [0.2, 0.25) is 0 Å². The van der Waals surface area contributed by atoms with Gasteiger partial charge in [-0.1, -0.05) is 5.21 Å². The third-order valence-electron chi connectivity index (χ3n) is 2.15. The number of carbonyl (C=O) groups is 1. The third-order valence-corrected chi connectivity index (χ3v) is 2.15. The SMILES string of the molecule is CCOCCn1nnc(C(=O)OCC)c1CN. The molecule has 7 nitrogen and oxygen atoms in total. The molecule has 0 aromatic carbocycles. The minimum atomic E-state index is -0.490. The zero-order valence-electron chi connectivity index (χ0n) is 10.2. The van der Waals surface area contributed by atoms with Gasteiger partial charge in [0.05, 0.1) is 25.5 Å². The average molecular weight is 242 g/mol. The monoisotopic (exact) mass is 242 g/mol. The predicted octanol–water partition coefficient (Wildman–Crippen LogP) is -0.0500. The molecule has 0 spiro atoms. The molecule has 0 aliphatic carbocycles. The van der Waals surface area contributed by atoms with Crippen molar-refractivity contribution < 1.29 is 14.3 Å². The van der Waals surface area contributed by atoms with Crippen molar-refractivity contribution in [2.24, 2.45) is 5.73 Å². The van der Waals surface area contributed by atoms with Gasteiger partial charge in [0.1, 0.15) is 0 Å². The molecule has 0 fully saturated rings. The molecule has 1 aromatic rings. The Kier molecular flexibility index (Phi) is 5.58. The van der Waals surface area contributed by atoms with Gasteiger partial charge in [-0.25, -0.2) is 9.48 Å². The first-order valence-electron chi connectivity index (χ1n) is 5.61.